The van der Waals surface area contributed by atoms with Crippen molar-refractivity contribution in [3.8, 4) is 11.4 Å². The predicted molar refractivity (Wildman–Crippen MR) is 114 cm³/mol. The Morgan fingerprint density at radius 1 is 0.857 bits per heavy atom. The molecular weight excluding hydrogens is 393 g/mol. The molecule has 0 saturated carbocycles. The molecule has 0 spiro atoms. The standard InChI is InChI=1S/C21H13Cl2N5/c22-14-3-1-2-12(8-14)20-26-19-10-15(23)4-6-17(19)21(27-20)25-16-5-7-18-13(9-16)11-24-28-18/h1-11H,(H,24,28)(H,25,26,27). The molecule has 5 nitrogen and oxygen atoms in total. The monoisotopic (exact) mass is 405 g/mol. The molecule has 2 aromatic heterocycles. The van der Waals surface area contributed by atoms with Crippen molar-refractivity contribution < 1.29 is 0 Å². The van der Waals surface area contributed by atoms with Crippen molar-refractivity contribution in [3.63, 3.8) is 0 Å². The second-order valence-corrected chi connectivity index (χ2v) is 7.24. The molecule has 5 rings (SSSR count). The molecule has 0 atom stereocenters. The van der Waals surface area contributed by atoms with Gasteiger partial charge in [-0.05, 0) is 48.5 Å². The van der Waals surface area contributed by atoms with Crippen LogP contribution in [-0.2, 0) is 0 Å². The highest BCUT2D eigenvalue weighted by Gasteiger charge is 2.11. The molecule has 3 aromatic carbocycles. The summed E-state index contributed by atoms with van der Waals surface area (Å²) in [6, 6.07) is 19.0. The van der Waals surface area contributed by atoms with Gasteiger partial charge in [0.15, 0.2) is 5.82 Å². The zero-order chi connectivity index (χ0) is 19.1. The van der Waals surface area contributed by atoms with Gasteiger partial charge in [-0.2, -0.15) is 5.10 Å². The van der Waals surface area contributed by atoms with Crippen molar-refractivity contribution in [2.75, 3.05) is 5.32 Å². The van der Waals surface area contributed by atoms with E-state index in [0.717, 1.165) is 33.1 Å². The molecule has 7 heteroatoms. The Bertz CT molecular complexity index is 1330. The van der Waals surface area contributed by atoms with E-state index in [1.165, 1.54) is 0 Å². The number of fused-ring (bicyclic) bond motifs is 2. The van der Waals surface area contributed by atoms with Crippen molar-refractivity contribution in [3.05, 3.63) is 76.9 Å². The first kappa shape index (κ1) is 17.0. The summed E-state index contributed by atoms with van der Waals surface area (Å²) < 4.78 is 0. The van der Waals surface area contributed by atoms with Crippen LogP contribution in [0.15, 0.2) is 66.9 Å². The fourth-order valence-corrected chi connectivity index (χ4v) is 3.47. The van der Waals surface area contributed by atoms with Crippen LogP contribution < -0.4 is 5.32 Å². The van der Waals surface area contributed by atoms with E-state index in [1.54, 1.807) is 6.20 Å². The summed E-state index contributed by atoms with van der Waals surface area (Å²) >= 11 is 12.3. The number of H-pyrrole nitrogens is 1. The lowest BCUT2D eigenvalue weighted by Gasteiger charge is -2.12. The quantitative estimate of drug-likeness (QED) is 0.373. The fraction of sp³-hybridized carbons (Fsp3) is 0. The van der Waals surface area contributed by atoms with Crippen LogP contribution in [-0.4, -0.2) is 20.2 Å². The van der Waals surface area contributed by atoms with E-state index in [0.29, 0.717) is 21.7 Å². The third-order valence-corrected chi connectivity index (χ3v) is 4.91. The summed E-state index contributed by atoms with van der Waals surface area (Å²) in [6.45, 7) is 0. The van der Waals surface area contributed by atoms with Gasteiger partial charge >= 0.3 is 0 Å². The van der Waals surface area contributed by atoms with Gasteiger partial charge in [0.05, 0.1) is 17.2 Å². The predicted octanol–water partition coefficient (Wildman–Crippen LogP) is 6.22. The molecule has 136 valence electrons. The first-order chi connectivity index (χ1) is 13.7. The maximum atomic E-state index is 6.20. The summed E-state index contributed by atoms with van der Waals surface area (Å²) in [6.07, 6.45) is 1.79. The molecule has 0 aliphatic carbocycles. The van der Waals surface area contributed by atoms with Gasteiger partial charge in [-0.3, -0.25) is 5.10 Å². The number of hydrogen-bond acceptors (Lipinski definition) is 4. The van der Waals surface area contributed by atoms with Gasteiger partial charge in [-0.25, -0.2) is 9.97 Å². The average Bonchev–Trinajstić information content (AvgIpc) is 3.15. The first-order valence-corrected chi connectivity index (χ1v) is 9.35. The molecule has 0 aliphatic heterocycles. The summed E-state index contributed by atoms with van der Waals surface area (Å²) in [7, 11) is 0. The van der Waals surface area contributed by atoms with E-state index in [1.807, 2.05) is 60.7 Å². The average molecular weight is 406 g/mol. The number of hydrogen-bond donors (Lipinski definition) is 2. The highest BCUT2D eigenvalue weighted by molar-refractivity contribution is 6.31. The second kappa shape index (κ2) is 6.78. The van der Waals surface area contributed by atoms with Gasteiger partial charge in [0.1, 0.15) is 5.82 Å². The summed E-state index contributed by atoms with van der Waals surface area (Å²) in [4.78, 5) is 9.44. The molecule has 0 aliphatic rings. The molecule has 0 saturated heterocycles. The Morgan fingerprint density at radius 3 is 2.64 bits per heavy atom. The smallest absolute Gasteiger partial charge is 0.162 e. The molecule has 0 fully saturated rings. The fourth-order valence-electron chi connectivity index (χ4n) is 3.11. The third-order valence-electron chi connectivity index (χ3n) is 4.44. The van der Waals surface area contributed by atoms with Crippen LogP contribution in [0.4, 0.5) is 11.5 Å². The summed E-state index contributed by atoms with van der Waals surface area (Å²) in [5.74, 6) is 1.27. The Kier molecular flexibility index (Phi) is 4.11. The maximum Gasteiger partial charge on any atom is 0.162 e. The lowest BCUT2D eigenvalue weighted by molar-refractivity contribution is 1.12. The van der Waals surface area contributed by atoms with Gasteiger partial charge in [-0.15, -0.1) is 0 Å². The molecule has 2 heterocycles. The highest BCUT2D eigenvalue weighted by Crippen LogP contribution is 2.30. The lowest BCUT2D eigenvalue weighted by Crippen LogP contribution is -1.99. The molecule has 0 unspecified atom stereocenters. The van der Waals surface area contributed by atoms with Gasteiger partial charge in [0.2, 0.25) is 0 Å². The number of aromatic nitrogens is 4. The lowest BCUT2D eigenvalue weighted by atomic mass is 10.1. The van der Waals surface area contributed by atoms with E-state index in [-0.39, 0.29) is 0 Å². The van der Waals surface area contributed by atoms with E-state index in [2.05, 4.69) is 20.5 Å². The zero-order valence-corrected chi connectivity index (χ0v) is 16.0. The number of benzene rings is 3. The number of anilines is 2. The van der Waals surface area contributed by atoms with E-state index in [4.69, 9.17) is 28.2 Å². The number of aromatic amines is 1. The van der Waals surface area contributed by atoms with Crippen molar-refractivity contribution in [2.24, 2.45) is 0 Å². The van der Waals surface area contributed by atoms with Crippen LogP contribution in [0.5, 0.6) is 0 Å². The van der Waals surface area contributed by atoms with Gasteiger partial charge in [0.25, 0.3) is 0 Å². The minimum Gasteiger partial charge on any atom is -0.340 e. The van der Waals surface area contributed by atoms with Crippen LogP contribution in [0.1, 0.15) is 0 Å². The SMILES string of the molecule is Clc1cccc(-c2nc(Nc3ccc4[nH]ncc4c3)c3ccc(Cl)cc3n2)c1. The minimum atomic E-state index is 0.573. The molecule has 2 N–H and O–H groups in total. The van der Waals surface area contributed by atoms with Crippen molar-refractivity contribution in [1.29, 1.82) is 0 Å². The van der Waals surface area contributed by atoms with Crippen LogP contribution in [0, 0.1) is 0 Å². The maximum absolute atomic E-state index is 6.20. The Morgan fingerprint density at radius 2 is 1.75 bits per heavy atom. The number of rotatable bonds is 3. The van der Waals surface area contributed by atoms with Crippen molar-refractivity contribution >= 4 is 56.5 Å². The molecular formula is C21H13Cl2N5. The van der Waals surface area contributed by atoms with Crippen molar-refractivity contribution in [1.82, 2.24) is 20.2 Å². The van der Waals surface area contributed by atoms with E-state index >= 15 is 0 Å². The van der Waals surface area contributed by atoms with E-state index in [9.17, 15) is 0 Å². The summed E-state index contributed by atoms with van der Waals surface area (Å²) in [5, 5.41) is 13.6. The Hall–Kier alpha value is -3.15. The zero-order valence-electron chi connectivity index (χ0n) is 14.4. The molecule has 0 amide bonds. The van der Waals surface area contributed by atoms with Crippen LogP contribution >= 0.6 is 23.2 Å². The van der Waals surface area contributed by atoms with Gasteiger partial charge < -0.3 is 5.32 Å². The Labute approximate surface area is 170 Å². The van der Waals surface area contributed by atoms with Crippen LogP contribution in [0.25, 0.3) is 33.2 Å². The summed E-state index contributed by atoms with van der Waals surface area (Å²) in [5.41, 5.74) is 3.47. The molecule has 0 radical (unpaired) electrons. The van der Waals surface area contributed by atoms with E-state index < -0.39 is 0 Å². The normalized spacial score (nSPS) is 11.2. The molecule has 5 aromatic rings. The molecule has 28 heavy (non-hydrogen) atoms. The highest BCUT2D eigenvalue weighted by atomic mass is 35.5. The second-order valence-electron chi connectivity index (χ2n) is 6.36. The minimum absolute atomic E-state index is 0.573. The number of nitrogens with zero attached hydrogens (tertiary/aromatic N) is 3. The van der Waals surface area contributed by atoms with Crippen LogP contribution in [0.2, 0.25) is 10.0 Å². The first-order valence-electron chi connectivity index (χ1n) is 8.59. The van der Waals surface area contributed by atoms with Gasteiger partial charge in [-0.1, -0.05) is 35.3 Å². The Balaban J connectivity index is 1.67. The molecule has 0 bridgehead atoms. The number of halogens is 2. The largest absolute Gasteiger partial charge is 0.340 e. The number of nitrogens with one attached hydrogen (secondary N) is 2. The van der Waals surface area contributed by atoms with Gasteiger partial charge in [0, 0.05) is 32.1 Å². The van der Waals surface area contributed by atoms with Crippen molar-refractivity contribution in [2.45, 2.75) is 0 Å². The van der Waals surface area contributed by atoms with Crippen LogP contribution in [0.3, 0.4) is 0 Å². The topological polar surface area (TPSA) is 66.5 Å². The third kappa shape index (κ3) is 3.15.